The van der Waals surface area contributed by atoms with Crippen LogP contribution in [0.5, 0.6) is 0 Å². The largest absolute Gasteiger partial charge is 0.396 e. The number of nitrogens with zero attached hydrogens (tertiary/aromatic N) is 4. The standard InChI is InChI=1S/C23H32N6O5S/c1-11-17(22-28-18-12(2)24-6-5-16(18)35-22)21(27-15-7-13(8-30)19(31)20(15)32)29-23(25-11)26-14(9-33-3)10-34-4/h5-6,13-15,19-20,30-32H,7-10H2,1-4H3,(H2,25,26,27,29)/t13-,15-,19-,20+/m1/s1. The van der Waals surface area contributed by atoms with Gasteiger partial charge in [-0.15, -0.1) is 11.3 Å². The summed E-state index contributed by atoms with van der Waals surface area (Å²) < 4.78 is 11.5. The topological polar surface area (TPSA) is 155 Å². The molecule has 3 heterocycles. The molecule has 35 heavy (non-hydrogen) atoms. The van der Waals surface area contributed by atoms with Crippen molar-refractivity contribution >= 4 is 33.3 Å². The number of aliphatic hydroxyl groups is 3. The summed E-state index contributed by atoms with van der Waals surface area (Å²) in [6, 6.07) is 1.25. The number of hydrogen-bond acceptors (Lipinski definition) is 12. The number of pyridine rings is 1. The van der Waals surface area contributed by atoms with Gasteiger partial charge in [0.05, 0.1) is 53.1 Å². The van der Waals surface area contributed by atoms with Crippen LogP contribution >= 0.6 is 11.3 Å². The van der Waals surface area contributed by atoms with Crippen LogP contribution in [0.25, 0.3) is 20.8 Å². The number of aryl methyl sites for hydroxylation is 2. The van der Waals surface area contributed by atoms with Gasteiger partial charge in [0.1, 0.15) is 22.4 Å². The molecule has 1 fully saturated rings. The lowest BCUT2D eigenvalue weighted by atomic mass is 10.1. The van der Waals surface area contributed by atoms with Gasteiger partial charge in [-0.1, -0.05) is 0 Å². The normalized spacial score (nSPS) is 22.3. The molecule has 190 valence electrons. The van der Waals surface area contributed by atoms with Crippen LogP contribution in [-0.4, -0.2) is 93.6 Å². The smallest absolute Gasteiger partial charge is 0.225 e. The fourth-order valence-corrected chi connectivity index (χ4v) is 5.54. The predicted octanol–water partition coefficient (Wildman–Crippen LogP) is 1.35. The number of methoxy groups -OCH3 is 2. The minimum Gasteiger partial charge on any atom is -0.396 e. The molecule has 3 aromatic heterocycles. The van der Waals surface area contributed by atoms with E-state index in [4.69, 9.17) is 19.4 Å². The Morgan fingerprint density at radius 3 is 2.46 bits per heavy atom. The highest BCUT2D eigenvalue weighted by molar-refractivity contribution is 7.21. The third-order valence-corrected chi connectivity index (χ3v) is 7.26. The number of ether oxygens (including phenoxy) is 2. The van der Waals surface area contributed by atoms with Gasteiger partial charge in [-0.05, 0) is 26.3 Å². The maximum Gasteiger partial charge on any atom is 0.225 e. The van der Waals surface area contributed by atoms with E-state index in [2.05, 4.69) is 20.6 Å². The molecule has 1 saturated carbocycles. The Kier molecular flexibility index (Phi) is 8.09. The quantitative estimate of drug-likeness (QED) is 0.272. The maximum absolute atomic E-state index is 10.6. The molecule has 0 aliphatic heterocycles. The molecule has 0 radical (unpaired) electrons. The predicted molar refractivity (Wildman–Crippen MR) is 134 cm³/mol. The summed E-state index contributed by atoms with van der Waals surface area (Å²) >= 11 is 1.51. The minimum atomic E-state index is -1.05. The molecular weight excluding hydrogens is 472 g/mol. The summed E-state index contributed by atoms with van der Waals surface area (Å²) in [7, 11) is 3.22. The molecule has 11 nitrogen and oxygen atoms in total. The van der Waals surface area contributed by atoms with E-state index < -0.39 is 24.2 Å². The van der Waals surface area contributed by atoms with Crippen molar-refractivity contribution in [2.45, 2.75) is 44.6 Å². The van der Waals surface area contributed by atoms with E-state index in [0.717, 1.165) is 20.9 Å². The number of thiazole rings is 1. The van der Waals surface area contributed by atoms with E-state index in [0.29, 0.717) is 42.7 Å². The van der Waals surface area contributed by atoms with Crippen LogP contribution in [0.1, 0.15) is 17.8 Å². The summed E-state index contributed by atoms with van der Waals surface area (Å²) in [6.07, 6.45) is 0.0726. The first-order valence-corrected chi connectivity index (χ1v) is 12.3. The van der Waals surface area contributed by atoms with E-state index in [1.54, 1.807) is 20.4 Å². The molecule has 0 unspecified atom stereocenters. The Balaban J connectivity index is 1.76. The molecule has 12 heteroatoms. The lowest BCUT2D eigenvalue weighted by molar-refractivity contribution is 0.00446. The Hall–Kier alpha value is -2.48. The van der Waals surface area contributed by atoms with Gasteiger partial charge in [-0.25, -0.2) is 9.97 Å². The molecule has 0 aromatic carbocycles. The van der Waals surface area contributed by atoms with Crippen LogP contribution in [-0.2, 0) is 9.47 Å². The summed E-state index contributed by atoms with van der Waals surface area (Å²) in [6.45, 7) is 4.38. The van der Waals surface area contributed by atoms with Crippen molar-refractivity contribution in [2.75, 3.05) is 44.7 Å². The zero-order valence-electron chi connectivity index (χ0n) is 20.2. The fourth-order valence-electron chi connectivity index (χ4n) is 4.43. The molecule has 4 rings (SSSR count). The number of aliphatic hydroxyl groups excluding tert-OH is 3. The second kappa shape index (κ2) is 11.1. The van der Waals surface area contributed by atoms with Crippen molar-refractivity contribution in [3.8, 4) is 10.6 Å². The number of nitrogens with one attached hydrogen (secondary N) is 2. The van der Waals surface area contributed by atoms with Gasteiger partial charge >= 0.3 is 0 Å². The highest BCUT2D eigenvalue weighted by Gasteiger charge is 2.41. The number of hydrogen-bond donors (Lipinski definition) is 5. The maximum atomic E-state index is 10.6. The zero-order chi connectivity index (χ0) is 25.1. The summed E-state index contributed by atoms with van der Waals surface area (Å²) in [5, 5.41) is 37.8. The SMILES string of the molecule is COCC(COC)Nc1nc(C)c(-c2nc3c(C)nccc3s2)c(N[C@@H]2C[C@H](CO)[C@@H](O)[C@H]2O)n1. The second-order valence-corrected chi connectivity index (χ2v) is 9.81. The third kappa shape index (κ3) is 5.37. The summed E-state index contributed by atoms with van der Waals surface area (Å²) in [5.41, 5.74) is 3.05. The molecule has 1 aliphatic carbocycles. The molecule has 0 bridgehead atoms. The van der Waals surface area contributed by atoms with Crippen LogP contribution in [0.2, 0.25) is 0 Å². The Morgan fingerprint density at radius 1 is 1.09 bits per heavy atom. The van der Waals surface area contributed by atoms with Crippen LogP contribution in [0.15, 0.2) is 12.3 Å². The van der Waals surface area contributed by atoms with Crippen molar-refractivity contribution < 1.29 is 24.8 Å². The lowest BCUT2D eigenvalue weighted by Crippen LogP contribution is -2.36. The van der Waals surface area contributed by atoms with E-state index in [9.17, 15) is 15.3 Å². The fraction of sp³-hybridized carbons (Fsp3) is 0.565. The van der Waals surface area contributed by atoms with Gasteiger partial charge < -0.3 is 35.4 Å². The molecular formula is C23H32N6O5S. The van der Waals surface area contributed by atoms with E-state index in [-0.39, 0.29) is 12.6 Å². The Bertz CT molecular complexity index is 1150. The van der Waals surface area contributed by atoms with Crippen LogP contribution in [0.3, 0.4) is 0 Å². The van der Waals surface area contributed by atoms with Crippen LogP contribution < -0.4 is 10.6 Å². The Labute approximate surface area is 207 Å². The van der Waals surface area contributed by atoms with Gasteiger partial charge in [0, 0.05) is 32.9 Å². The molecule has 4 atom stereocenters. The number of aromatic nitrogens is 4. The molecule has 0 spiro atoms. The number of anilines is 2. The van der Waals surface area contributed by atoms with Gasteiger partial charge in [-0.3, -0.25) is 4.98 Å². The van der Waals surface area contributed by atoms with Crippen molar-refractivity contribution in [3.63, 3.8) is 0 Å². The minimum absolute atomic E-state index is 0.170. The number of fused-ring (bicyclic) bond motifs is 1. The Morgan fingerprint density at radius 2 is 1.83 bits per heavy atom. The van der Waals surface area contributed by atoms with E-state index in [1.807, 2.05) is 19.9 Å². The molecule has 3 aromatic rings. The lowest BCUT2D eigenvalue weighted by Gasteiger charge is -2.22. The molecule has 5 N–H and O–H groups in total. The van der Waals surface area contributed by atoms with Crippen LogP contribution in [0, 0.1) is 19.8 Å². The first kappa shape index (κ1) is 25.6. The highest BCUT2D eigenvalue weighted by atomic mass is 32.1. The second-order valence-electron chi connectivity index (χ2n) is 8.78. The summed E-state index contributed by atoms with van der Waals surface area (Å²) in [5.74, 6) is 0.432. The van der Waals surface area contributed by atoms with Crippen LogP contribution in [0.4, 0.5) is 11.8 Å². The van der Waals surface area contributed by atoms with Gasteiger partial charge in [0.2, 0.25) is 5.95 Å². The van der Waals surface area contributed by atoms with Crippen molar-refractivity contribution in [3.05, 3.63) is 23.7 Å². The van der Waals surface area contributed by atoms with E-state index in [1.165, 1.54) is 11.3 Å². The number of rotatable bonds is 10. The average molecular weight is 505 g/mol. The highest BCUT2D eigenvalue weighted by Crippen LogP contribution is 2.38. The van der Waals surface area contributed by atoms with Crippen molar-refractivity contribution in [1.29, 1.82) is 0 Å². The zero-order valence-corrected chi connectivity index (χ0v) is 21.0. The van der Waals surface area contributed by atoms with E-state index >= 15 is 0 Å². The van der Waals surface area contributed by atoms with Gasteiger partial charge in [0.25, 0.3) is 0 Å². The van der Waals surface area contributed by atoms with Crippen molar-refractivity contribution in [1.82, 2.24) is 19.9 Å². The first-order chi connectivity index (χ1) is 16.9. The summed E-state index contributed by atoms with van der Waals surface area (Å²) in [4.78, 5) is 18.6. The molecule has 0 saturated heterocycles. The monoisotopic (exact) mass is 504 g/mol. The first-order valence-electron chi connectivity index (χ1n) is 11.4. The van der Waals surface area contributed by atoms with Gasteiger partial charge in [0.15, 0.2) is 0 Å². The molecule has 1 aliphatic rings. The van der Waals surface area contributed by atoms with Gasteiger partial charge in [-0.2, -0.15) is 4.98 Å². The molecule has 0 amide bonds. The third-order valence-electron chi connectivity index (χ3n) is 6.22. The average Bonchev–Trinajstić information content (AvgIpc) is 3.36. The van der Waals surface area contributed by atoms with Crippen molar-refractivity contribution in [2.24, 2.45) is 5.92 Å².